The summed E-state index contributed by atoms with van der Waals surface area (Å²) in [5.41, 5.74) is 1.53. The summed E-state index contributed by atoms with van der Waals surface area (Å²) in [5.74, 6) is -5.48. The lowest BCUT2D eigenvalue weighted by atomic mass is 9.86. The maximum absolute atomic E-state index is 14.4. The molecule has 0 aliphatic rings. The molecule has 0 radical (unpaired) electrons. The molecule has 0 bridgehead atoms. The number of halogens is 2. The van der Waals surface area contributed by atoms with Crippen molar-refractivity contribution < 1.29 is 23.4 Å². The van der Waals surface area contributed by atoms with E-state index in [0.717, 1.165) is 11.6 Å². The zero-order valence-corrected chi connectivity index (χ0v) is 15.9. The average Bonchev–Trinajstić information content (AvgIpc) is 2.71. The Bertz CT molecular complexity index is 795. The average molecular weight is 389 g/mol. The first-order valence-corrected chi connectivity index (χ1v) is 9.02. The van der Waals surface area contributed by atoms with Gasteiger partial charge < -0.3 is 9.84 Å². The molecular formula is C22H25F2NO3. The molecule has 28 heavy (non-hydrogen) atoms. The van der Waals surface area contributed by atoms with Crippen molar-refractivity contribution >= 4 is 11.8 Å². The minimum absolute atomic E-state index is 0.0853. The Morgan fingerprint density at radius 1 is 1.18 bits per heavy atom. The lowest BCUT2D eigenvalue weighted by molar-refractivity contribution is -0.139. The van der Waals surface area contributed by atoms with Gasteiger partial charge in [-0.25, -0.2) is 13.6 Å². The first-order chi connectivity index (χ1) is 13.3. The molecule has 0 saturated heterocycles. The number of nitrogens with one attached hydrogen (secondary N) is 1. The summed E-state index contributed by atoms with van der Waals surface area (Å²) in [5, 5.41) is 12.8. The predicted octanol–water partition coefficient (Wildman–Crippen LogP) is 5.36. The molecule has 4 nitrogen and oxygen atoms in total. The molecule has 0 fully saturated rings. The number of para-hydroxylation sites is 1. The number of hydrogen-bond donors (Lipinski definition) is 2. The number of anilines is 1. The Kier molecular flexibility index (Phi) is 7.29. The summed E-state index contributed by atoms with van der Waals surface area (Å²) in [6.07, 6.45) is -1.53. The van der Waals surface area contributed by atoms with Crippen LogP contribution in [0.4, 0.5) is 19.3 Å². The van der Waals surface area contributed by atoms with E-state index in [2.05, 4.69) is 11.9 Å². The second-order valence-electron chi connectivity index (χ2n) is 6.71. The highest BCUT2D eigenvalue weighted by molar-refractivity contribution is 5.85. The Balaban J connectivity index is 2.11. The van der Waals surface area contributed by atoms with Gasteiger partial charge in [-0.2, -0.15) is 0 Å². The number of carbonyl (C=O) groups is 1. The van der Waals surface area contributed by atoms with E-state index >= 15 is 0 Å². The van der Waals surface area contributed by atoms with Gasteiger partial charge in [0.2, 0.25) is 0 Å². The fraction of sp³-hybridized carbons (Fsp3) is 0.318. The Morgan fingerprint density at radius 3 is 2.43 bits per heavy atom. The third-order valence-corrected chi connectivity index (χ3v) is 4.73. The second kappa shape index (κ2) is 9.46. The number of aliphatic hydroxyl groups excluding tert-OH is 1. The van der Waals surface area contributed by atoms with Crippen LogP contribution in [-0.4, -0.2) is 23.2 Å². The molecule has 150 valence electrons. The van der Waals surface area contributed by atoms with E-state index in [4.69, 9.17) is 4.74 Å². The minimum atomic E-state index is -3.36. The molecule has 3 atom stereocenters. The molecule has 0 spiro atoms. The maximum atomic E-state index is 14.4. The van der Waals surface area contributed by atoms with Crippen LogP contribution in [0.1, 0.15) is 30.9 Å². The monoisotopic (exact) mass is 389 g/mol. The smallest absolute Gasteiger partial charge is 0.411 e. The van der Waals surface area contributed by atoms with Crippen LogP contribution in [0.15, 0.2) is 67.3 Å². The van der Waals surface area contributed by atoms with Crippen molar-refractivity contribution in [2.45, 2.75) is 38.4 Å². The van der Waals surface area contributed by atoms with Crippen LogP contribution in [0, 0.1) is 5.92 Å². The van der Waals surface area contributed by atoms with Crippen molar-refractivity contribution in [1.82, 2.24) is 0 Å². The summed E-state index contributed by atoms with van der Waals surface area (Å²) in [7, 11) is 0. The molecule has 0 aliphatic heterocycles. The van der Waals surface area contributed by atoms with Gasteiger partial charge in [0.05, 0.1) is 0 Å². The number of ether oxygens (including phenoxy) is 1. The molecule has 0 saturated carbocycles. The van der Waals surface area contributed by atoms with Crippen molar-refractivity contribution in [1.29, 1.82) is 0 Å². The lowest BCUT2D eigenvalue weighted by Gasteiger charge is -2.31. The number of hydrogen-bond acceptors (Lipinski definition) is 3. The Labute approximate surface area is 163 Å². The van der Waals surface area contributed by atoms with Gasteiger partial charge in [-0.3, -0.25) is 5.32 Å². The number of carbonyl (C=O) groups excluding carboxylic acids is 1. The summed E-state index contributed by atoms with van der Waals surface area (Å²) in [6, 6.07) is 15.7. The van der Waals surface area contributed by atoms with Gasteiger partial charge in [-0.15, -0.1) is 6.58 Å². The van der Waals surface area contributed by atoms with E-state index in [1.807, 2.05) is 30.3 Å². The largest absolute Gasteiger partial charge is 0.444 e. The molecule has 0 aromatic heterocycles. The molecule has 0 aliphatic carbocycles. The molecule has 2 N–H and O–H groups in total. The van der Waals surface area contributed by atoms with E-state index in [1.54, 1.807) is 24.3 Å². The zero-order chi connectivity index (χ0) is 20.7. The SMILES string of the molecule is C=CC(C)C(F)(F)C(O)C(C)c1ccccc1NC(=O)OCc1ccccc1. The molecule has 2 aromatic rings. The van der Waals surface area contributed by atoms with E-state index in [1.165, 1.54) is 13.8 Å². The number of rotatable bonds is 8. The molecule has 2 aromatic carbocycles. The second-order valence-corrected chi connectivity index (χ2v) is 6.71. The van der Waals surface area contributed by atoms with Gasteiger partial charge in [0, 0.05) is 17.5 Å². The van der Waals surface area contributed by atoms with E-state index in [-0.39, 0.29) is 6.61 Å². The van der Waals surface area contributed by atoms with Gasteiger partial charge >= 0.3 is 6.09 Å². The molecule has 3 unspecified atom stereocenters. The minimum Gasteiger partial charge on any atom is -0.444 e. The number of amides is 1. The fourth-order valence-corrected chi connectivity index (χ4v) is 2.81. The van der Waals surface area contributed by atoms with Crippen LogP contribution in [0.25, 0.3) is 0 Å². The maximum Gasteiger partial charge on any atom is 0.411 e. The molecule has 0 heterocycles. The topological polar surface area (TPSA) is 58.6 Å². The molecule has 6 heteroatoms. The van der Waals surface area contributed by atoms with Gasteiger partial charge in [0.15, 0.2) is 0 Å². The van der Waals surface area contributed by atoms with Crippen LogP contribution in [0.3, 0.4) is 0 Å². The van der Waals surface area contributed by atoms with Crippen molar-refractivity contribution in [3.63, 3.8) is 0 Å². The number of benzene rings is 2. The van der Waals surface area contributed by atoms with Crippen molar-refractivity contribution in [2.75, 3.05) is 5.32 Å². The van der Waals surface area contributed by atoms with Gasteiger partial charge in [0.1, 0.15) is 12.7 Å². The van der Waals surface area contributed by atoms with Crippen LogP contribution >= 0.6 is 0 Å². The third-order valence-electron chi connectivity index (χ3n) is 4.73. The zero-order valence-electron chi connectivity index (χ0n) is 15.9. The van der Waals surface area contributed by atoms with Crippen molar-refractivity contribution in [2.24, 2.45) is 5.92 Å². The van der Waals surface area contributed by atoms with Crippen molar-refractivity contribution in [3.05, 3.63) is 78.4 Å². The van der Waals surface area contributed by atoms with Crippen LogP contribution in [0.2, 0.25) is 0 Å². The quantitative estimate of drug-likeness (QED) is 0.598. The van der Waals surface area contributed by atoms with E-state index in [0.29, 0.717) is 11.3 Å². The first-order valence-electron chi connectivity index (χ1n) is 9.02. The number of alkyl halides is 2. The van der Waals surface area contributed by atoms with Gasteiger partial charge in [-0.1, -0.05) is 68.5 Å². The Hall–Kier alpha value is -2.73. The highest BCUT2D eigenvalue weighted by atomic mass is 19.3. The van der Waals surface area contributed by atoms with E-state index < -0.39 is 30.0 Å². The highest BCUT2D eigenvalue weighted by Crippen LogP contribution is 2.38. The summed E-state index contributed by atoms with van der Waals surface area (Å²) in [4.78, 5) is 12.1. The van der Waals surface area contributed by atoms with Gasteiger partial charge in [-0.05, 0) is 17.2 Å². The normalized spacial score (nSPS) is 14.6. The highest BCUT2D eigenvalue weighted by Gasteiger charge is 2.46. The standard InChI is InChI=1S/C22H25F2NO3/c1-4-15(2)22(23,24)20(26)16(3)18-12-8-9-13-19(18)25-21(27)28-14-17-10-6-5-7-11-17/h4-13,15-16,20,26H,1,14H2,2-3H3,(H,25,27). The van der Waals surface area contributed by atoms with Crippen LogP contribution in [0.5, 0.6) is 0 Å². The summed E-state index contributed by atoms with van der Waals surface area (Å²) in [6.45, 7) is 6.25. The van der Waals surface area contributed by atoms with Crippen LogP contribution in [-0.2, 0) is 11.3 Å². The summed E-state index contributed by atoms with van der Waals surface area (Å²) >= 11 is 0. The van der Waals surface area contributed by atoms with Crippen LogP contribution < -0.4 is 5.32 Å². The Morgan fingerprint density at radius 2 is 1.79 bits per heavy atom. The fourth-order valence-electron chi connectivity index (χ4n) is 2.81. The van der Waals surface area contributed by atoms with Crippen molar-refractivity contribution in [3.8, 4) is 0 Å². The predicted molar refractivity (Wildman–Crippen MR) is 105 cm³/mol. The molecular weight excluding hydrogens is 364 g/mol. The summed E-state index contributed by atoms with van der Waals surface area (Å²) < 4.78 is 34.0. The van der Waals surface area contributed by atoms with Gasteiger partial charge in [0.25, 0.3) is 5.92 Å². The van der Waals surface area contributed by atoms with E-state index in [9.17, 15) is 18.7 Å². The lowest BCUT2D eigenvalue weighted by Crippen LogP contribution is -2.42. The molecule has 1 amide bonds. The molecule has 2 rings (SSSR count). The third kappa shape index (κ3) is 5.16. The number of allylic oxidation sites excluding steroid dienone is 1. The number of aliphatic hydroxyl groups is 1. The first kappa shape index (κ1) is 21.6.